The molecule has 0 amide bonds. The second-order valence-electron chi connectivity index (χ2n) is 16.8. The minimum absolute atomic E-state index is 0.901. The number of benzene rings is 11. The number of hydrogen-bond acceptors (Lipinski definition) is 2. The molecule has 11 aromatic carbocycles. The van der Waals surface area contributed by atoms with Gasteiger partial charge in [-0.3, -0.25) is 0 Å². The summed E-state index contributed by atoms with van der Waals surface area (Å²) < 4.78 is 6.15. The Hall–Kier alpha value is -8.72. The van der Waals surface area contributed by atoms with E-state index in [1.54, 1.807) is 0 Å². The summed E-state index contributed by atoms with van der Waals surface area (Å²) in [5.41, 5.74) is 19.3. The fraction of sp³-hybridized carbons (Fsp3) is 0. The van der Waals surface area contributed by atoms with E-state index < -0.39 is 0 Å². The molecule has 1 heterocycles. The zero-order valence-electron chi connectivity index (χ0n) is 36.2. The Morgan fingerprint density at radius 3 is 1.21 bits per heavy atom. The lowest BCUT2D eigenvalue weighted by atomic mass is 9.87. The molecule has 0 saturated carbocycles. The van der Waals surface area contributed by atoms with Crippen LogP contribution >= 0.6 is 0 Å². The Kier molecular flexibility index (Phi) is 9.89. The second kappa shape index (κ2) is 16.8. The number of anilines is 3. The zero-order valence-corrected chi connectivity index (χ0v) is 36.2. The molecule has 2 heteroatoms. The zero-order chi connectivity index (χ0) is 43.8. The maximum atomic E-state index is 6.15. The van der Waals surface area contributed by atoms with Crippen LogP contribution in [0.4, 0.5) is 17.1 Å². The highest BCUT2D eigenvalue weighted by Gasteiger charge is 2.18. The molecular formula is C64H43NO. The van der Waals surface area contributed by atoms with E-state index in [0.29, 0.717) is 0 Å². The third kappa shape index (κ3) is 7.21. The number of para-hydroxylation sites is 1. The molecule has 0 aliphatic carbocycles. The van der Waals surface area contributed by atoms with Crippen molar-refractivity contribution in [2.45, 2.75) is 0 Å². The van der Waals surface area contributed by atoms with Crippen LogP contribution in [-0.2, 0) is 0 Å². The first-order chi connectivity index (χ1) is 32.7. The lowest BCUT2D eigenvalue weighted by Crippen LogP contribution is -2.09. The molecule has 0 radical (unpaired) electrons. The molecule has 0 unspecified atom stereocenters. The molecule has 0 N–H and O–H groups in total. The quantitative estimate of drug-likeness (QED) is 0.144. The third-order valence-electron chi connectivity index (χ3n) is 12.9. The summed E-state index contributed by atoms with van der Waals surface area (Å²) in [6, 6.07) is 93.9. The van der Waals surface area contributed by atoms with Gasteiger partial charge in [-0.2, -0.15) is 0 Å². The highest BCUT2D eigenvalue weighted by atomic mass is 16.3. The fourth-order valence-electron chi connectivity index (χ4n) is 9.63. The smallest absolute Gasteiger partial charge is 0.135 e. The number of rotatable bonds is 9. The first-order valence-corrected chi connectivity index (χ1v) is 22.6. The van der Waals surface area contributed by atoms with Crippen LogP contribution in [0, 0.1) is 0 Å². The van der Waals surface area contributed by atoms with Crippen molar-refractivity contribution < 1.29 is 4.42 Å². The summed E-state index contributed by atoms with van der Waals surface area (Å²) in [5.74, 6) is 0. The monoisotopic (exact) mass is 841 g/mol. The van der Waals surface area contributed by atoms with E-state index in [0.717, 1.165) is 55.7 Å². The Bertz CT molecular complexity index is 3680. The van der Waals surface area contributed by atoms with Gasteiger partial charge >= 0.3 is 0 Å². The molecule has 2 nitrogen and oxygen atoms in total. The molecule has 66 heavy (non-hydrogen) atoms. The average Bonchev–Trinajstić information content (AvgIpc) is 3.78. The highest BCUT2D eigenvalue weighted by Crippen LogP contribution is 2.43. The minimum atomic E-state index is 0.901. The van der Waals surface area contributed by atoms with Gasteiger partial charge in [-0.05, 0) is 138 Å². The van der Waals surface area contributed by atoms with Crippen LogP contribution in [0.2, 0.25) is 0 Å². The predicted molar refractivity (Wildman–Crippen MR) is 279 cm³/mol. The van der Waals surface area contributed by atoms with Gasteiger partial charge in [-0.15, -0.1) is 0 Å². The summed E-state index contributed by atoms with van der Waals surface area (Å²) in [5, 5.41) is 4.74. The molecule has 12 rings (SSSR count). The van der Waals surface area contributed by atoms with E-state index in [1.807, 2.05) is 12.1 Å². The summed E-state index contributed by atoms with van der Waals surface area (Å²) in [6.45, 7) is 0. The summed E-state index contributed by atoms with van der Waals surface area (Å²) in [7, 11) is 0. The Balaban J connectivity index is 0.921. The Morgan fingerprint density at radius 2 is 0.621 bits per heavy atom. The highest BCUT2D eigenvalue weighted by molar-refractivity contribution is 6.06. The van der Waals surface area contributed by atoms with Crippen LogP contribution in [-0.4, -0.2) is 0 Å². The SMILES string of the molecule is c1ccc(-c2ccccc2-c2ccccc2-c2ccccc2-c2ccc(N(c3ccc(-c4ccc5ccccc5c4)cc3)c3ccc(-c4ccc5oc6ccccc6c5c4)cc3)cc2)cc1. The largest absolute Gasteiger partial charge is 0.456 e. The number of furan rings is 1. The van der Waals surface area contributed by atoms with Crippen molar-refractivity contribution in [3.05, 3.63) is 261 Å². The van der Waals surface area contributed by atoms with Crippen LogP contribution < -0.4 is 4.90 Å². The molecule has 0 spiro atoms. The van der Waals surface area contributed by atoms with E-state index >= 15 is 0 Å². The second-order valence-corrected chi connectivity index (χ2v) is 16.8. The van der Waals surface area contributed by atoms with Crippen molar-refractivity contribution >= 4 is 49.8 Å². The van der Waals surface area contributed by atoms with Crippen molar-refractivity contribution in [1.82, 2.24) is 0 Å². The molecule has 12 aromatic rings. The summed E-state index contributed by atoms with van der Waals surface area (Å²) >= 11 is 0. The molecule has 0 saturated heterocycles. The van der Waals surface area contributed by atoms with Gasteiger partial charge in [0.1, 0.15) is 11.2 Å². The van der Waals surface area contributed by atoms with Gasteiger partial charge in [0.2, 0.25) is 0 Å². The van der Waals surface area contributed by atoms with Gasteiger partial charge in [0.15, 0.2) is 0 Å². The molecule has 1 aromatic heterocycles. The number of hydrogen-bond donors (Lipinski definition) is 0. The molecule has 310 valence electrons. The normalized spacial score (nSPS) is 11.3. The van der Waals surface area contributed by atoms with E-state index in [4.69, 9.17) is 4.42 Å². The van der Waals surface area contributed by atoms with Crippen LogP contribution in [0.5, 0.6) is 0 Å². The topological polar surface area (TPSA) is 16.4 Å². The van der Waals surface area contributed by atoms with Gasteiger partial charge < -0.3 is 9.32 Å². The molecule has 0 bridgehead atoms. The number of nitrogens with zero attached hydrogens (tertiary/aromatic N) is 1. The number of fused-ring (bicyclic) bond motifs is 4. The lowest BCUT2D eigenvalue weighted by molar-refractivity contribution is 0.669. The molecule has 0 aliphatic rings. The summed E-state index contributed by atoms with van der Waals surface area (Å²) in [4.78, 5) is 2.35. The average molecular weight is 842 g/mol. The van der Waals surface area contributed by atoms with Gasteiger partial charge in [-0.25, -0.2) is 0 Å². The first kappa shape index (κ1) is 38.9. The predicted octanol–water partition coefficient (Wildman–Crippen LogP) is 18.2. The van der Waals surface area contributed by atoms with E-state index in [2.05, 4.69) is 254 Å². The maximum absolute atomic E-state index is 6.15. The molecular weight excluding hydrogens is 799 g/mol. The Morgan fingerprint density at radius 1 is 0.227 bits per heavy atom. The van der Waals surface area contributed by atoms with E-state index in [9.17, 15) is 0 Å². The fourth-order valence-corrected chi connectivity index (χ4v) is 9.63. The van der Waals surface area contributed by atoms with Crippen LogP contribution in [0.25, 0.3) is 99.5 Å². The third-order valence-corrected chi connectivity index (χ3v) is 12.9. The van der Waals surface area contributed by atoms with Crippen LogP contribution in [0.1, 0.15) is 0 Å². The lowest BCUT2D eigenvalue weighted by Gasteiger charge is -2.26. The first-order valence-electron chi connectivity index (χ1n) is 22.6. The van der Waals surface area contributed by atoms with Gasteiger partial charge in [0.05, 0.1) is 0 Å². The van der Waals surface area contributed by atoms with Crippen molar-refractivity contribution in [3.63, 3.8) is 0 Å². The van der Waals surface area contributed by atoms with Crippen molar-refractivity contribution in [2.24, 2.45) is 0 Å². The molecule has 0 fully saturated rings. The van der Waals surface area contributed by atoms with Crippen LogP contribution in [0.3, 0.4) is 0 Å². The van der Waals surface area contributed by atoms with E-state index in [-0.39, 0.29) is 0 Å². The van der Waals surface area contributed by atoms with Gasteiger partial charge in [0.25, 0.3) is 0 Å². The van der Waals surface area contributed by atoms with Crippen molar-refractivity contribution in [1.29, 1.82) is 0 Å². The van der Waals surface area contributed by atoms with Crippen LogP contribution in [0.15, 0.2) is 265 Å². The van der Waals surface area contributed by atoms with E-state index in [1.165, 1.54) is 60.8 Å². The summed E-state index contributed by atoms with van der Waals surface area (Å²) in [6.07, 6.45) is 0. The minimum Gasteiger partial charge on any atom is -0.456 e. The maximum Gasteiger partial charge on any atom is 0.135 e. The standard InChI is InChI=1S/C64H43NO/c1-2-15-47(16-3-1)55-18-6-8-20-57(55)59-22-10-11-23-60(59)58-21-9-7-19-56(58)48-32-39-54(40-33-48)65(52-35-28-45(29-36-52)50-27-26-44-14-4-5-17-49(44)42-50)53-37-30-46(31-38-53)51-34-41-64-62(43-51)61-24-12-13-25-63(61)66-64/h1-43H. The van der Waals surface area contributed by atoms with Crippen molar-refractivity contribution in [2.75, 3.05) is 4.90 Å². The van der Waals surface area contributed by atoms with Crippen molar-refractivity contribution in [3.8, 4) is 66.8 Å². The van der Waals surface area contributed by atoms with Gasteiger partial charge in [-0.1, -0.05) is 200 Å². The Labute approximate surface area is 384 Å². The van der Waals surface area contributed by atoms with Gasteiger partial charge in [0, 0.05) is 27.8 Å². The molecule has 0 aliphatic heterocycles. The molecule has 0 atom stereocenters.